The van der Waals surface area contributed by atoms with Gasteiger partial charge in [-0.25, -0.2) is 0 Å². The van der Waals surface area contributed by atoms with Crippen molar-refractivity contribution in [3.63, 3.8) is 0 Å². The maximum absolute atomic E-state index is 11.9. The third-order valence-electron chi connectivity index (χ3n) is 8.48. The van der Waals surface area contributed by atoms with E-state index in [0.717, 1.165) is 111 Å². The number of hydrogen-bond acceptors (Lipinski definition) is 14. The van der Waals surface area contributed by atoms with E-state index in [2.05, 4.69) is 34.5 Å². The van der Waals surface area contributed by atoms with Crippen LogP contribution in [0.3, 0.4) is 0 Å². The molecule has 0 aliphatic carbocycles. The summed E-state index contributed by atoms with van der Waals surface area (Å²) in [4.78, 5) is 22.7. The monoisotopic (exact) mass is 813 g/mol. The zero-order chi connectivity index (χ0) is 42.9. The molecule has 0 saturated carbocycles. The number of Topliss-reactive ketones (excluding diaryl/α,β-unsaturated/α-hetero) is 1. The van der Waals surface area contributed by atoms with Crippen molar-refractivity contribution >= 4 is 11.8 Å². The lowest BCUT2D eigenvalue weighted by atomic mass is 10.0. The Labute approximate surface area is 346 Å². The van der Waals surface area contributed by atoms with Crippen molar-refractivity contribution in [2.75, 3.05) is 99.5 Å². The van der Waals surface area contributed by atoms with Crippen molar-refractivity contribution < 1.29 is 30.3 Å². The van der Waals surface area contributed by atoms with E-state index < -0.39 is 0 Å². The second kappa shape index (κ2) is 53.7. The van der Waals surface area contributed by atoms with Crippen LogP contribution in [0.5, 0.6) is 0 Å². The molecule has 4 unspecified atom stereocenters. The predicted molar refractivity (Wildman–Crippen MR) is 239 cm³/mol. The van der Waals surface area contributed by atoms with E-state index in [-0.39, 0.29) is 19.5 Å². The second-order valence-electron chi connectivity index (χ2n) is 15.0. The van der Waals surface area contributed by atoms with E-state index in [0.29, 0.717) is 63.2 Å². The minimum absolute atomic E-state index is 0. The summed E-state index contributed by atoms with van der Waals surface area (Å²) in [5, 5.41) is 17.2. The molecule has 0 rings (SSSR count). The largest absolute Gasteiger partial charge is 0.469 e. The van der Waals surface area contributed by atoms with Gasteiger partial charge in [0, 0.05) is 66.2 Å². The van der Waals surface area contributed by atoms with Gasteiger partial charge >= 0.3 is 5.97 Å². The topological polar surface area (TPSA) is 248 Å². The van der Waals surface area contributed by atoms with E-state index in [1.807, 2.05) is 13.8 Å². The highest BCUT2D eigenvalue weighted by Crippen LogP contribution is 2.11. The molecule has 56 heavy (non-hydrogen) atoms. The first-order valence-corrected chi connectivity index (χ1v) is 22.0. The van der Waals surface area contributed by atoms with E-state index in [9.17, 15) is 9.59 Å². The van der Waals surface area contributed by atoms with E-state index in [1.54, 1.807) is 0 Å². The molecule has 14 heteroatoms. The molecule has 0 aromatic rings. The number of methoxy groups -OCH3 is 1. The molecular formula is C42H98N8O6. The fraction of sp³-hybridized carbons (Fsp3) is 0.952. The van der Waals surface area contributed by atoms with Crippen molar-refractivity contribution in [2.45, 2.75) is 149 Å². The maximum Gasteiger partial charge on any atom is 0.305 e. The number of nitrogens with two attached hydrogens (primary N) is 5. The summed E-state index contributed by atoms with van der Waals surface area (Å²) in [6, 6.07) is 0.183. The average Bonchev–Trinajstić information content (AvgIpc) is 3.17. The van der Waals surface area contributed by atoms with Crippen LogP contribution < -0.4 is 44.6 Å². The lowest BCUT2D eigenvalue weighted by Gasteiger charge is -2.13. The van der Waals surface area contributed by atoms with Gasteiger partial charge in [0.25, 0.3) is 0 Å². The number of hydrogen-bond donors (Lipinski definition) is 9. The molecule has 0 heterocycles. The molecule has 0 aromatic carbocycles. The van der Waals surface area contributed by atoms with Crippen LogP contribution in [-0.4, -0.2) is 128 Å². The zero-order valence-corrected chi connectivity index (χ0v) is 37.4. The Morgan fingerprint density at radius 3 is 1.29 bits per heavy atom. The van der Waals surface area contributed by atoms with Crippen LogP contribution in [0.1, 0.15) is 138 Å². The molecule has 0 saturated heterocycles. The summed E-state index contributed by atoms with van der Waals surface area (Å²) < 4.78 is 15.5. The van der Waals surface area contributed by atoms with Gasteiger partial charge in [0.1, 0.15) is 5.78 Å². The Morgan fingerprint density at radius 1 is 0.518 bits per heavy atom. The van der Waals surface area contributed by atoms with Crippen LogP contribution in [0, 0.1) is 11.8 Å². The Hall–Kier alpha value is -1.30. The molecule has 0 aromatic heterocycles. The number of aliphatic hydroxyl groups excluding tert-OH is 1. The van der Waals surface area contributed by atoms with Gasteiger partial charge in [0.2, 0.25) is 0 Å². The summed E-state index contributed by atoms with van der Waals surface area (Å²) in [7, 11) is 2.41. The molecule has 0 bridgehead atoms. The fourth-order valence-corrected chi connectivity index (χ4v) is 5.25. The maximum atomic E-state index is 11.9. The quantitative estimate of drug-likeness (QED) is 0.0318. The van der Waals surface area contributed by atoms with Crippen LogP contribution in [0.25, 0.3) is 0 Å². The lowest BCUT2D eigenvalue weighted by molar-refractivity contribution is -0.140. The van der Waals surface area contributed by atoms with Crippen molar-refractivity contribution in [1.29, 1.82) is 0 Å². The molecule has 0 amide bonds. The molecule has 14 N–H and O–H groups in total. The van der Waals surface area contributed by atoms with Gasteiger partial charge in [-0.15, -0.1) is 0 Å². The zero-order valence-electron chi connectivity index (χ0n) is 37.4. The van der Waals surface area contributed by atoms with Crippen molar-refractivity contribution in [3.05, 3.63) is 0 Å². The summed E-state index contributed by atoms with van der Waals surface area (Å²) in [5.74, 6) is 1.21. The SMILES string of the molecule is CC(N)COCC(C)CCCC(=O)CCCNCCCCCNCCN.CO.COC(=O)CCCC(C)COCC(C)N.NCCCCCNCCCCCN.[3HH]. The molecule has 4 atom stereocenters. The molecule has 0 spiro atoms. The minimum atomic E-state index is -0.140. The van der Waals surface area contributed by atoms with Crippen LogP contribution in [0.15, 0.2) is 0 Å². The molecule has 0 radical (unpaired) electrons. The highest BCUT2D eigenvalue weighted by molar-refractivity contribution is 5.78. The van der Waals surface area contributed by atoms with Gasteiger partial charge in [0.05, 0.1) is 20.3 Å². The van der Waals surface area contributed by atoms with Gasteiger partial charge in [-0.05, 0) is 142 Å². The number of ether oxygens (including phenoxy) is 3. The third-order valence-corrected chi connectivity index (χ3v) is 8.48. The third kappa shape index (κ3) is 61.9. The summed E-state index contributed by atoms with van der Waals surface area (Å²) in [5.41, 5.74) is 27.4. The van der Waals surface area contributed by atoms with Crippen LogP contribution in [-0.2, 0) is 23.8 Å². The second-order valence-corrected chi connectivity index (χ2v) is 15.0. The summed E-state index contributed by atoms with van der Waals surface area (Å²) in [6.07, 6.45) is 17.7. The Morgan fingerprint density at radius 2 is 0.893 bits per heavy atom. The summed E-state index contributed by atoms with van der Waals surface area (Å²) in [6.45, 7) is 19.4. The number of carbonyl (C=O) groups is 2. The van der Waals surface area contributed by atoms with E-state index in [1.165, 1.54) is 52.1 Å². The minimum Gasteiger partial charge on any atom is -0.469 e. The smallest absolute Gasteiger partial charge is 0.305 e. The Balaban J connectivity index is -0.000000248. The Bertz CT molecular complexity index is 753. The number of unbranched alkanes of at least 4 members (excludes halogenated alkanes) is 6. The number of ketones is 1. The first-order valence-electron chi connectivity index (χ1n) is 22.0. The van der Waals surface area contributed by atoms with Gasteiger partial charge < -0.3 is 63.9 Å². The fourth-order valence-electron chi connectivity index (χ4n) is 5.25. The number of esters is 1. The van der Waals surface area contributed by atoms with Crippen molar-refractivity contribution in [3.8, 4) is 0 Å². The number of aliphatic hydroxyl groups is 1. The number of nitrogens with one attached hydrogen (secondary N) is 3. The first-order chi connectivity index (χ1) is 27.0. The number of carbonyl (C=O) groups excluding carboxylic acids is 2. The predicted octanol–water partition coefficient (Wildman–Crippen LogP) is 3.83. The van der Waals surface area contributed by atoms with Gasteiger partial charge in [-0.3, -0.25) is 9.59 Å². The summed E-state index contributed by atoms with van der Waals surface area (Å²) >= 11 is 0. The molecule has 0 aliphatic rings. The van der Waals surface area contributed by atoms with Gasteiger partial charge in [-0.2, -0.15) is 0 Å². The number of rotatable bonds is 38. The van der Waals surface area contributed by atoms with E-state index >= 15 is 0 Å². The van der Waals surface area contributed by atoms with E-state index in [4.69, 9.17) is 43.2 Å². The average molecular weight is 813 g/mol. The Kier molecular flexibility index (Phi) is 58.8. The standard InChI is InChI=1S/C20H44N4O2.C11H23NO3.C10H25N3.CH4O.H2/c1-18(16-26-17-19(2)22)8-6-9-20(25)10-7-14-23-12-4-3-5-13-24-15-11-21;1-9(7-15-8-10(2)12)5-4-6-11(13)14-3;11-7-3-1-5-9-13-10-6-2-4-8-12;1-2;/h18-19,23-24H,3-17,21-22H2,1-2H3;9-10H,4-8,12H2,1-3H3;13H,1-12H2;2H,1H3;1H/i;;;;1+2. The highest BCUT2D eigenvalue weighted by Gasteiger charge is 2.08. The molecule has 0 aliphatic heterocycles. The van der Waals surface area contributed by atoms with Crippen LogP contribution >= 0.6 is 0 Å². The van der Waals surface area contributed by atoms with Crippen LogP contribution in [0.2, 0.25) is 0 Å². The van der Waals surface area contributed by atoms with Crippen molar-refractivity contribution in [1.82, 2.24) is 16.0 Å². The first kappa shape index (κ1) is 61.4. The normalized spacial score (nSPS) is 12.9. The molecule has 342 valence electrons. The molecular weight excluding hydrogens is 713 g/mol. The molecule has 0 fully saturated rings. The van der Waals surface area contributed by atoms with Crippen LogP contribution in [0.4, 0.5) is 0 Å². The van der Waals surface area contributed by atoms with Gasteiger partial charge in [-0.1, -0.05) is 33.1 Å². The lowest BCUT2D eigenvalue weighted by Crippen LogP contribution is -2.23. The van der Waals surface area contributed by atoms with Crippen molar-refractivity contribution in [2.24, 2.45) is 40.5 Å². The highest BCUT2D eigenvalue weighted by atomic mass is 16.5. The molecule has 14 nitrogen and oxygen atoms in total. The van der Waals surface area contributed by atoms with Gasteiger partial charge in [0.15, 0.2) is 0 Å².